The molecule has 0 unspecified atom stereocenters. The standard InChI is InChI=1S/C25H32N2O2/c1-25(2,3)22-11-9-21(10-12-22)24(29)27-17-14-20(15-18-27)23(28)26-16-13-19-7-5-4-6-8-19/h4-12,20H,13-18H2,1-3H3,(H,26,28). The van der Waals surface area contributed by atoms with Crippen molar-refractivity contribution in [1.29, 1.82) is 0 Å². The lowest BCUT2D eigenvalue weighted by molar-refractivity contribution is -0.126. The van der Waals surface area contributed by atoms with Crippen molar-refractivity contribution in [3.05, 3.63) is 71.3 Å². The topological polar surface area (TPSA) is 49.4 Å². The largest absolute Gasteiger partial charge is 0.356 e. The lowest BCUT2D eigenvalue weighted by Gasteiger charge is -2.31. The molecule has 1 fully saturated rings. The second-order valence-corrected chi connectivity index (χ2v) is 8.92. The summed E-state index contributed by atoms with van der Waals surface area (Å²) < 4.78 is 0. The van der Waals surface area contributed by atoms with Gasteiger partial charge in [-0.05, 0) is 47.9 Å². The van der Waals surface area contributed by atoms with E-state index >= 15 is 0 Å². The Kier molecular flexibility index (Phi) is 6.73. The average Bonchev–Trinajstić information content (AvgIpc) is 2.73. The van der Waals surface area contributed by atoms with Gasteiger partial charge in [0.2, 0.25) is 5.91 Å². The number of rotatable bonds is 5. The van der Waals surface area contributed by atoms with Gasteiger partial charge in [0.15, 0.2) is 0 Å². The fourth-order valence-corrected chi connectivity index (χ4v) is 3.76. The highest BCUT2D eigenvalue weighted by Gasteiger charge is 2.27. The van der Waals surface area contributed by atoms with Gasteiger partial charge < -0.3 is 10.2 Å². The first kappa shape index (κ1) is 21.1. The molecule has 2 aromatic rings. The van der Waals surface area contributed by atoms with Crippen molar-refractivity contribution in [1.82, 2.24) is 10.2 Å². The van der Waals surface area contributed by atoms with E-state index in [1.807, 2.05) is 47.4 Å². The highest BCUT2D eigenvalue weighted by molar-refractivity contribution is 5.94. The molecule has 1 aliphatic rings. The van der Waals surface area contributed by atoms with E-state index in [1.54, 1.807) is 0 Å². The molecule has 1 saturated heterocycles. The van der Waals surface area contributed by atoms with Crippen molar-refractivity contribution >= 4 is 11.8 Å². The van der Waals surface area contributed by atoms with Gasteiger partial charge in [-0.1, -0.05) is 63.2 Å². The summed E-state index contributed by atoms with van der Waals surface area (Å²) in [5.41, 5.74) is 3.25. The molecule has 0 atom stereocenters. The zero-order chi connectivity index (χ0) is 20.9. The fourth-order valence-electron chi connectivity index (χ4n) is 3.76. The third kappa shape index (κ3) is 5.69. The van der Waals surface area contributed by atoms with E-state index in [0.29, 0.717) is 19.6 Å². The molecule has 0 radical (unpaired) electrons. The quantitative estimate of drug-likeness (QED) is 0.829. The fraction of sp³-hybridized carbons (Fsp3) is 0.440. The number of likely N-dealkylation sites (tertiary alicyclic amines) is 1. The highest BCUT2D eigenvalue weighted by atomic mass is 16.2. The maximum atomic E-state index is 12.8. The Morgan fingerprint density at radius 1 is 0.966 bits per heavy atom. The van der Waals surface area contributed by atoms with Crippen molar-refractivity contribution in [2.45, 2.75) is 45.4 Å². The monoisotopic (exact) mass is 392 g/mol. The van der Waals surface area contributed by atoms with Gasteiger partial charge in [0, 0.05) is 31.1 Å². The van der Waals surface area contributed by atoms with Crippen LogP contribution in [0.2, 0.25) is 0 Å². The van der Waals surface area contributed by atoms with Gasteiger partial charge in [-0.3, -0.25) is 9.59 Å². The molecule has 2 aromatic carbocycles. The van der Waals surface area contributed by atoms with Crippen LogP contribution in [-0.4, -0.2) is 36.3 Å². The second kappa shape index (κ2) is 9.25. The maximum absolute atomic E-state index is 12.8. The Bertz CT molecular complexity index is 814. The van der Waals surface area contributed by atoms with E-state index in [4.69, 9.17) is 0 Å². The smallest absolute Gasteiger partial charge is 0.253 e. The zero-order valence-electron chi connectivity index (χ0n) is 17.8. The molecule has 0 bridgehead atoms. The molecule has 0 aliphatic carbocycles. The van der Waals surface area contributed by atoms with Crippen LogP contribution in [0.4, 0.5) is 0 Å². The molecule has 1 aliphatic heterocycles. The predicted molar refractivity (Wildman–Crippen MR) is 117 cm³/mol. The van der Waals surface area contributed by atoms with E-state index in [1.165, 1.54) is 11.1 Å². The first-order valence-corrected chi connectivity index (χ1v) is 10.6. The molecular formula is C25H32N2O2. The number of nitrogens with one attached hydrogen (secondary N) is 1. The van der Waals surface area contributed by atoms with E-state index in [2.05, 4.69) is 38.2 Å². The lowest BCUT2D eigenvalue weighted by Crippen LogP contribution is -2.43. The molecular weight excluding hydrogens is 360 g/mol. The number of amides is 2. The van der Waals surface area contributed by atoms with Crippen molar-refractivity contribution in [2.75, 3.05) is 19.6 Å². The third-order valence-electron chi connectivity index (χ3n) is 5.71. The van der Waals surface area contributed by atoms with E-state index < -0.39 is 0 Å². The first-order chi connectivity index (χ1) is 13.8. The van der Waals surface area contributed by atoms with Gasteiger partial charge in [0.25, 0.3) is 5.91 Å². The minimum atomic E-state index is -0.00177. The molecule has 0 aromatic heterocycles. The summed E-state index contributed by atoms with van der Waals surface area (Å²) in [6, 6.07) is 18.1. The minimum absolute atomic E-state index is 0.00177. The molecule has 3 rings (SSSR count). The van der Waals surface area contributed by atoms with Crippen LogP contribution in [0.1, 0.15) is 55.1 Å². The normalized spacial score (nSPS) is 15.2. The van der Waals surface area contributed by atoms with E-state index in [9.17, 15) is 9.59 Å². The Morgan fingerprint density at radius 3 is 2.17 bits per heavy atom. The summed E-state index contributed by atoms with van der Waals surface area (Å²) in [5.74, 6) is 0.175. The number of carbonyl (C=O) groups excluding carboxylic acids is 2. The van der Waals surface area contributed by atoms with Crippen LogP contribution in [0.3, 0.4) is 0 Å². The maximum Gasteiger partial charge on any atom is 0.253 e. The average molecular weight is 393 g/mol. The molecule has 154 valence electrons. The summed E-state index contributed by atoms with van der Waals surface area (Å²) in [7, 11) is 0. The minimum Gasteiger partial charge on any atom is -0.356 e. The number of benzene rings is 2. The van der Waals surface area contributed by atoms with Gasteiger partial charge in [-0.15, -0.1) is 0 Å². The molecule has 1 N–H and O–H groups in total. The van der Waals surface area contributed by atoms with Crippen LogP contribution < -0.4 is 5.32 Å². The molecule has 4 nitrogen and oxygen atoms in total. The van der Waals surface area contributed by atoms with Gasteiger partial charge in [-0.25, -0.2) is 0 Å². The number of nitrogens with zero attached hydrogens (tertiary/aromatic N) is 1. The number of hydrogen-bond donors (Lipinski definition) is 1. The van der Waals surface area contributed by atoms with Crippen molar-refractivity contribution in [3.63, 3.8) is 0 Å². The predicted octanol–water partition coefficient (Wildman–Crippen LogP) is 4.20. The lowest BCUT2D eigenvalue weighted by atomic mass is 9.86. The summed E-state index contributed by atoms with van der Waals surface area (Å²) in [6.07, 6.45) is 2.29. The van der Waals surface area contributed by atoms with Crippen LogP contribution in [0.5, 0.6) is 0 Å². The first-order valence-electron chi connectivity index (χ1n) is 10.6. The van der Waals surface area contributed by atoms with Crippen molar-refractivity contribution in [3.8, 4) is 0 Å². The van der Waals surface area contributed by atoms with Crippen LogP contribution in [-0.2, 0) is 16.6 Å². The third-order valence-corrected chi connectivity index (χ3v) is 5.71. The number of piperidine rings is 1. The Balaban J connectivity index is 1.45. The molecule has 29 heavy (non-hydrogen) atoms. The van der Waals surface area contributed by atoms with E-state index in [0.717, 1.165) is 24.8 Å². The van der Waals surface area contributed by atoms with Crippen molar-refractivity contribution < 1.29 is 9.59 Å². The van der Waals surface area contributed by atoms with Gasteiger partial charge in [0.1, 0.15) is 0 Å². The summed E-state index contributed by atoms with van der Waals surface area (Å²) in [6.45, 7) is 8.42. The van der Waals surface area contributed by atoms with Gasteiger partial charge in [-0.2, -0.15) is 0 Å². The highest BCUT2D eigenvalue weighted by Crippen LogP contribution is 2.24. The van der Waals surface area contributed by atoms with Crippen LogP contribution in [0.15, 0.2) is 54.6 Å². The molecule has 0 spiro atoms. The Hall–Kier alpha value is -2.62. The van der Waals surface area contributed by atoms with Crippen LogP contribution in [0.25, 0.3) is 0 Å². The second-order valence-electron chi connectivity index (χ2n) is 8.92. The zero-order valence-corrected chi connectivity index (χ0v) is 17.8. The number of carbonyl (C=O) groups is 2. The molecule has 1 heterocycles. The Morgan fingerprint density at radius 2 is 1.59 bits per heavy atom. The summed E-state index contributed by atoms with van der Waals surface area (Å²) in [5, 5.41) is 3.05. The van der Waals surface area contributed by atoms with Crippen LogP contribution in [0, 0.1) is 5.92 Å². The number of hydrogen-bond acceptors (Lipinski definition) is 2. The van der Waals surface area contributed by atoms with E-state index in [-0.39, 0.29) is 23.1 Å². The van der Waals surface area contributed by atoms with Crippen molar-refractivity contribution in [2.24, 2.45) is 5.92 Å². The summed E-state index contributed by atoms with van der Waals surface area (Å²) in [4.78, 5) is 27.1. The summed E-state index contributed by atoms with van der Waals surface area (Å²) >= 11 is 0. The SMILES string of the molecule is CC(C)(C)c1ccc(C(=O)N2CCC(C(=O)NCCc3ccccc3)CC2)cc1. The molecule has 2 amide bonds. The molecule has 0 saturated carbocycles. The van der Waals surface area contributed by atoms with Gasteiger partial charge in [0.05, 0.1) is 0 Å². The Labute approximate surface area is 174 Å². The van der Waals surface area contributed by atoms with Crippen LogP contribution >= 0.6 is 0 Å². The molecule has 4 heteroatoms. The van der Waals surface area contributed by atoms with Gasteiger partial charge >= 0.3 is 0 Å².